The van der Waals surface area contributed by atoms with Crippen molar-refractivity contribution in [3.05, 3.63) is 28.0 Å². The second kappa shape index (κ2) is 4.37. The highest BCUT2D eigenvalue weighted by molar-refractivity contribution is 6.34. The molecule has 0 aliphatic rings. The fourth-order valence-corrected chi connectivity index (χ4v) is 1.55. The minimum absolute atomic E-state index is 0.303. The van der Waals surface area contributed by atoms with E-state index in [4.69, 9.17) is 28.3 Å². The van der Waals surface area contributed by atoms with Crippen LogP contribution in [-0.4, -0.2) is 16.1 Å². The quantitative estimate of drug-likeness (QED) is 0.836. The summed E-state index contributed by atoms with van der Waals surface area (Å²) >= 11 is 11.6. The van der Waals surface area contributed by atoms with Gasteiger partial charge in [-0.3, -0.25) is 4.79 Å². The van der Waals surface area contributed by atoms with Crippen molar-refractivity contribution >= 4 is 29.2 Å². The maximum atomic E-state index is 10.9. The molecule has 0 spiro atoms. The van der Waals surface area contributed by atoms with Crippen LogP contribution in [0.3, 0.4) is 0 Å². The molecule has 1 rings (SSSR count). The number of nitrogens with zero attached hydrogens (tertiary/aromatic N) is 1. The van der Waals surface area contributed by atoms with Gasteiger partial charge in [-0.1, -0.05) is 23.2 Å². The van der Waals surface area contributed by atoms with Crippen LogP contribution in [0.2, 0.25) is 10.2 Å². The van der Waals surface area contributed by atoms with E-state index in [-0.39, 0.29) is 0 Å². The first-order chi connectivity index (χ1) is 6.83. The SMILES string of the molecule is CC(C)(Cc1cnc(Cl)cc1Cl)C(=O)O. The zero-order valence-electron chi connectivity index (χ0n) is 8.42. The average Bonchev–Trinajstić information content (AvgIpc) is 2.09. The third-order valence-electron chi connectivity index (χ3n) is 2.11. The van der Waals surface area contributed by atoms with Gasteiger partial charge in [0.1, 0.15) is 5.15 Å². The molecular formula is C10H11Cl2NO2. The number of carbonyl (C=O) groups is 1. The summed E-state index contributed by atoms with van der Waals surface area (Å²) in [5, 5.41) is 9.71. The van der Waals surface area contributed by atoms with Crippen LogP contribution in [0.15, 0.2) is 12.3 Å². The van der Waals surface area contributed by atoms with Crippen LogP contribution < -0.4 is 0 Å². The van der Waals surface area contributed by atoms with Crippen molar-refractivity contribution in [2.75, 3.05) is 0 Å². The van der Waals surface area contributed by atoms with Crippen LogP contribution in [0.1, 0.15) is 19.4 Å². The van der Waals surface area contributed by atoms with E-state index in [1.54, 1.807) is 13.8 Å². The number of aliphatic carboxylic acids is 1. The van der Waals surface area contributed by atoms with Gasteiger partial charge in [-0.15, -0.1) is 0 Å². The highest BCUT2D eigenvalue weighted by atomic mass is 35.5. The Kier molecular flexibility index (Phi) is 3.58. The Balaban J connectivity index is 2.95. The minimum atomic E-state index is -0.867. The second-order valence-corrected chi connectivity index (χ2v) is 4.76. The molecule has 1 aromatic heterocycles. The van der Waals surface area contributed by atoms with Crippen molar-refractivity contribution in [2.45, 2.75) is 20.3 Å². The first-order valence-corrected chi connectivity index (χ1v) is 5.12. The van der Waals surface area contributed by atoms with Gasteiger partial charge in [0, 0.05) is 11.2 Å². The van der Waals surface area contributed by atoms with E-state index in [9.17, 15) is 4.79 Å². The molecular weight excluding hydrogens is 237 g/mol. The first-order valence-electron chi connectivity index (χ1n) is 4.36. The molecule has 0 atom stereocenters. The molecule has 1 N–H and O–H groups in total. The van der Waals surface area contributed by atoms with Crippen molar-refractivity contribution in [3.63, 3.8) is 0 Å². The fourth-order valence-electron chi connectivity index (χ4n) is 1.12. The predicted octanol–water partition coefficient (Wildman–Crippen LogP) is 3.04. The summed E-state index contributed by atoms with van der Waals surface area (Å²) in [6, 6.07) is 1.51. The first kappa shape index (κ1) is 12.3. The van der Waals surface area contributed by atoms with Crippen LogP contribution in [0.4, 0.5) is 0 Å². The molecule has 0 unspecified atom stereocenters. The largest absolute Gasteiger partial charge is 0.481 e. The Labute approximate surface area is 98.0 Å². The minimum Gasteiger partial charge on any atom is -0.481 e. The van der Waals surface area contributed by atoms with Gasteiger partial charge < -0.3 is 5.11 Å². The van der Waals surface area contributed by atoms with Gasteiger partial charge in [0.25, 0.3) is 0 Å². The van der Waals surface area contributed by atoms with E-state index in [1.807, 2.05) is 0 Å². The maximum absolute atomic E-state index is 10.9. The molecule has 0 bridgehead atoms. The van der Waals surface area contributed by atoms with Gasteiger partial charge in [0.05, 0.1) is 5.41 Å². The third-order valence-corrected chi connectivity index (χ3v) is 2.67. The highest BCUT2D eigenvalue weighted by Gasteiger charge is 2.28. The molecule has 0 amide bonds. The lowest BCUT2D eigenvalue weighted by Gasteiger charge is -2.19. The summed E-state index contributed by atoms with van der Waals surface area (Å²) in [6.07, 6.45) is 1.83. The van der Waals surface area contributed by atoms with Crippen LogP contribution in [0, 0.1) is 5.41 Å². The Morgan fingerprint density at radius 1 is 1.53 bits per heavy atom. The Morgan fingerprint density at radius 2 is 2.13 bits per heavy atom. The number of carboxylic acids is 1. The maximum Gasteiger partial charge on any atom is 0.309 e. The summed E-state index contributed by atoms with van der Waals surface area (Å²) in [7, 11) is 0. The van der Waals surface area contributed by atoms with Gasteiger partial charge in [0.2, 0.25) is 0 Å². The van der Waals surface area contributed by atoms with Crippen LogP contribution in [-0.2, 0) is 11.2 Å². The van der Waals surface area contributed by atoms with Crippen molar-refractivity contribution in [2.24, 2.45) is 5.41 Å². The number of pyridine rings is 1. The third kappa shape index (κ3) is 3.08. The smallest absolute Gasteiger partial charge is 0.309 e. The van der Waals surface area contributed by atoms with Crippen LogP contribution >= 0.6 is 23.2 Å². The molecule has 0 saturated heterocycles. The second-order valence-electron chi connectivity index (χ2n) is 3.96. The van der Waals surface area contributed by atoms with Crippen LogP contribution in [0.5, 0.6) is 0 Å². The number of halogens is 2. The van der Waals surface area contributed by atoms with Crippen LogP contribution in [0.25, 0.3) is 0 Å². The lowest BCUT2D eigenvalue weighted by Crippen LogP contribution is -2.26. The molecule has 0 aliphatic carbocycles. The lowest BCUT2D eigenvalue weighted by molar-refractivity contribution is -0.146. The van der Waals surface area contributed by atoms with Crippen molar-refractivity contribution in [3.8, 4) is 0 Å². The average molecular weight is 248 g/mol. The molecule has 5 heteroatoms. The van der Waals surface area contributed by atoms with E-state index in [0.29, 0.717) is 22.2 Å². The fraction of sp³-hybridized carbons (Fsp3) is 0.400. The van der Waals surface area contributed by atoms with E-state index >= 15 is 0 Å². The predicted molar refractivity (Wildman–Crippen MR) is 59.4 cm³/mol. The molecule has 1 aromatic rings. The van der Waals surface area contributed by atoms with Gasteiger partial charge in [0.15, 0.2) is 0 Å². The van der Waals surface area contributed by atoms with Crippen molar-refractivity contribution < 1.29 is 9.90 Å². The zero-order valence-corrected chi connectivity index (χ0v) is 9.93. The molecule has 15 heavy (non-hydrogen) atoms. The number of hydrogen-bond donors (Lipinski definition) is 1. The molecule has 0 aliphatic heterocycles. The zero-order chi connectivity index (χ0) is 11.6. The Morgan fingerprint density at radius 3 is 2.60 bits per heavy atom. The molecule has 82 valence electrons. The Hall–Kier alpha value is -0.800. The molecule has 3 nitrogen and oxygen atoms in total. The standard InChI is InChI=1S/C10H11Cl2NO2/c1-10(2,9(14)15)4-6-5-13-8(12)3-7(6)11/h3,5H,4H2,1-2H3,(H,14,15). The number of rotatable bonds is 3. The van der Waals surface area contributed by atoms with E-state index < -0.39 is 11.4 Å². The monoisotopic (exact) mass is 247 g/mol. The van der Waals surface area contributed by atoms with Gasteiger partial charge in [-0.05, 0) is 31.9 Å². The molecule has 0 radical (unpaired) electrons. The highest BCUT2D eigenvalue weighted by Crippen LogP contribution is 2.27. The van der Waals surface area contributed by atoms with E-state index in [1.165, 1.54) is 12.3 Å². The normalized spacial score (nSPS) is 11.5. The summed E-state index contributed by atoms with van der Waals surface area (Å²) in [6.45, 7) is 3.28. The summed E-state index contributed by atoms with van der Waals surface area (Å²) in [4.78, 5) is 14.8. The van der Waals surface area contributed by atoms with Gasteiger partial charge in [-0.2, -0.15) is 0 Å². The topological polar surface area (TPSA) is 50.2 Å². The number of aromatic nitrogens is 1. The number of carboxylic acid groups (broad SMARTS) is 1. The Bertz CT molecular complexity index is 391. The lowest BCUT2D eigenvalue weighted by atomic mass is 9.86. The summed E-state index contributed by atoms with van der Waals surface area (Å²) in [5.74, 6) is -0.867. The summed E-state index contributed by atoms with van der Waals surface area (Å²) < 4.78 is 0. The summed E-state index contributed by atoms with van der Waals surface area (Å²) in [5.41, 5.74) is -0.174. The van der Waals surface area contributed by atoms with Crippen molar-refractivity contribution in [1.82, 2.24) is 4.98 Å². The molecule has 0 fully saturated rings. The van der Waals surface area contributed by atoms with E-state index in [0.717, 1.165) is 0 Å². The van der Waals surface area contributed by atoms with E-state index in [2.05, 4.69) is 4.98 Å². The molecule has 1 heterocycles. The molecule has 0 saturated carbocycles. The van der Waals surface area contributed by atoms with Gasteiger partial charge >= 0.3 is 5.97 Å². The molecule has 0 aromatic carbocycles. The number of hydrogen-bond acceptors (Lipinski definition) is 2. The van der Waals surface area contributed by atoms with Gasteiger partial charge in [-0.25, -0.2) is 4.98 Å². The van der Waals surface area contributed by atoms with Crippen molar-refractivity contribution in [1.29, 1.82) is 0 Å².